The van der Waals surface area contributed by atoms with E-state index in [4.69, 9.17) is 9.47 Å². The van der Waals surface area contributed by atoms with Gasteiger partial charge in [-0.2, -0.15) is 13.2 Å². The number of methoxy groups -OCH3 is 2. The molecule has 0 aliphatic heterocycles. The van der Waals surface area contributed by atoms with Crippen molar-refractivity contribution in [3.05, 3.63) is 52.0 Å². The first kappa shape index (κ1) is 24.3. The number of hydrogen-bond donors (Lipinski definition) is 0. The fourth-order valence-corrected chi connectivity index (χ4v) is 4.85. The van der Waals surface area contributed by atoms with Gasteiger partial charge >= 0.3 is 6.18 Å². The van der Waals surface area contributed by atoms with Gasteiger partial charge in [0, 0.05) is 43.4 Å². The number of rotatable bonds is 10. The fraction of sp³-hybridized carbons (Fsp3) is 0.435. The van der Waals surface area contributed by atoms with Crippen LogP contribution in [-0.4, -0.2) is 55.7 Å². The molecule has 2 aromatic heterocycles. The van der Waals surface area contributed by atoms with Gasteiger partial charge in [-0.05, 0) is 43.8 Å². The molecule has 0 N–H and O–H groups in total. The molecule has 5 nitrogen and oxygen atoms in total. The van der Waals surface area contributed by atoms with E-state index < -0.39 is 17.5 Å². The van der Waals surface area contributed by atoms with E-state index in [2.05, 4.69) is 16.4 Å². The second kappa shape index (κ2) is 10.1. The van der Waals surface area contributed by atoms with Crippen LogP contribution in [0.2, 0.25) is 0 Å². The van der Waals surface area contributed by atoms with Gasteiger partial charge in [0.25, 0.3) is 0 Å². The molecule has 0 unspecified atom stereocenters. The Morgan fingerprint density at radius 2 is 1.91 bits per heavy atom. The molecule has 0 fully saturated rings. The van der Waals surface area contributed by atoms with Gasteiger partial charge in [0.15, 0.2) is 0 Å². The molecule has 0 amide bonds. The molecule has 0 saturated carbocycles. The number of likely N-dealkylation sites (N-methyl/N-ethyl adjacent to an activating group) is 1. The molecular formula is C23H27F3N2O3S. The summed E-state index contributed by atoms with van der Waals surface area (Å²) in [5, 5.41) is 0.859. The average molecular weight is 469 g/mol. The first-order valence-electron chi connectivity index (χ1n) is 10.3. The highest BCUT2D eigenvalue weighted by molar-refractivity contribution is 7.20. The van der Waals surface area contributed by atoms with E-state index >= 15 is 0 Å². The maximum atomic E-state index is 13.6. The van der Waals surface area contributed by atoms with Crippen molar-refractivity contribution in [3.8, 4) is 5.75 Å². The lowest BCUT2D eigenvalue weighted by atomic mass is 10.0. The van der Waals surface area contributed by atoms with Gasteiger partial charge in [0.1, 0.15) is 10.6 Å². The van der Waals surface area contributed by atoms with Crippen LogP contribution in [-0.2, 0) is 17.5 Å². The highest BCUT2D eigenvalue weighted by Crippen LogP contribution is 2.37. The number of alkyl halides is 3. The molecule has 32 heavy (non-hydrogen) atoms. The molecule has 1 aromatic carbocycles. The smallest absolute Gasteiger partial charge is 0.417 e. The number of thiophene rings is 1. The summed E-state index contributed by atoms with van der Waals surface area (Å²) in [6.45, 7) is 7.96. The zero-order valence-electron chi connectivity index (χ0n) is 18.6. The molecule has 3 rings (SSSR count). The van der Waals surface area contributed by atoms with Crippen molar-refractivity contribution in [2.24, 2.45) is 0 Å². The molecule has 0 radical (unpaired) electrons. The standard InChI is InChI=1S/C23H27F3N2O3S/c1-5-27(10-11-30-3)8-9-28-15(2)12-16-13-20(32-22(16)28)21(29)18-7-6-17(31-4)14-19(18)23(24,25)26/h6-7,12-14H,5,8-11H2,1-4H3. The molecular weight excluding hydrogens is 441 g/mol. The average Bonchev–Trinajstić information content (AvgIpc) is 3.29. The maximum Gasteiger partial charge on any atom is 0.417 e. The van der Waals surface area contributed by atoms with Gasteiger partial charge in [0.05, 0.1) is 24.2 Å². The van der Waals surface area contributed by atoms with E-state index in [1.807, 2.05) is 13.0 Å². The van der Waals surface area contributed by atoms with Crippen molar-refractivity contribution in [1.82, 2.24) is 9.47 Å². The number of carbonyl (C=O) groups excluding carboxylic acids is 1. The third-order valence-corrected chi connectivity index (χ3v) is 6.65. The first-order valence-corrected chi connectivity index (χ1v) is 11.1. The van der Waals surface area contributed by atoms with Crippen LogP contribution in [0.25, 0.3) is 10.2 Å². The predicted octanol–water partition coefficient (Wildman–Crippen LogP) is 5.24. The minimum absolute atomic E-state index is 0.0567. The summed E-state index contributed by atoms with van der Waals surface area (Å²) in [4.78, 5) is 16.5. The van der Waals surface area contributed by atoms with Crippen molar-refractivity contribution >= 4 is 27.3 Å². The molecule has 0 spiro atoms. The lowest BCUT2D eigenvalue weighted by molar-refractivity contribution is -0.138. The molecule has 0 atom stereocenters. The zero-order chi connectivity index (χ0) is 23.5. The highest BCUT2D eigenvalue weighted by atomic mass is 32.1. The Bertz CT molecular complexity index is 1090. The molecule has 3 aromatic rings. The predicted molar refractivity (Wildman–Crippen MR) is 120 cm³/mol. The van der Waals surface area contributed by atoms with Crippen molar-refractivity contribution in [1.29, 1.82) is 0 Å². The van der Waals surface area contributed by atoms with Crippen LogP contribution < -0.4 is 4.74 Å². The van der Waals surface area contributed by atoms with Crippen molar-refractivity contribution < 1.29 is 27.4 Å². The number of ether oxygens (including phenoxy) is 2. The molecule has 0 aliphatic rings. The van der Waals surface area contributed by atoms with E-state index in [1.54, 1.807) is 13.2 Å². The number of fused-ring (bicyclic) bond motifs is 1. The van der Waals surface area contributed by atoms with Crippen LogP contribution in [0, 0.1) is 6.92 Å². The Morgan fingerprint density at radius 1 is 1.16 bits per heavy atom. The largest absolute Gasteiger partial charge is 0.497 e. The lowest BCUT2D eigenvalue weighted by Crippen LogP contribution is -2.30. The number of aryl methyl sites for hydroxylation is 1. The summed E-state index contributed by atoms with van der Waals surface area (Å²) in [7, 11) is 2.96. The molecule has 0 saturated heterocycles. The summed E-state index contributed by atoms with van der Waals surface area (Å²) in [6, 6.07) is 7.07. The summed E-state index contributed by atoms with van der Waals surface area (Å²) in [5.74, 6) is -0.582. The van der Waals surface area contributed by atoms with Crippen molar-refractivity contribution in [3.63, 3.8) is 0 Å². The number of hydrogen-bond acceptors (Lipinski definition) is 5. The minimum Gasteiger partial charge on any atom is -0.497 e. The van der Waals surface area contributed by atoms with E-state index in [9.17, 15) is 18.0 Å². The minimum atomic E-state index is -4.66. The number of aromatic nitrogens is 1. The number of carbonyl (C=O) groups is 1. The first-order chi connectivity index (χ1) is 15.2. The van der Waals surface area contributed by atoms with Gasteiger partial charge in [0.2, 0.25) is 5.78 Å². The van der Waals surface area contributed by atoms with E-state index in [0.717, 1.165) is 48.2 Å². The van der Waals surface area contributed by atoms with Crippen LogP contribution in [0.5, 0.6) is 5.75 Å². The Kier molecular flexibility index (Phi) is 7.63. The van der Waals surface area contributed by atoms with Gasteiger partial charge in [-0.1, -0.05) is 6.92 Å². The molecule has 9 heteroatoms. The third kappa shape index (κ3) is 5.16. The third-order valence-electron chi connectivity index (χ3n) is 5.47. The van der Waals surface area contributed by atoms with Gasteiger partial charge in [-0.15, -0.1) is 11.3 Å². The van der Waals surface area contributed by atoms with Gasteiger partial charge < -0.3 is 14.0 Å². The summed E-state index contributed by atoms with van der Waals surface area (Å²) >= 11 is 1.23. The second-order valence-corrected chi connectivity index (χ2v) is 8.50. The number of ketones is 1. The number of benzene rings is 1. The van der Waals surface area contributed by atoms with Crippen LogP contribution >= 0.6 is 11.3 Å². The van der Waals surface area contributed by atoms with Crippen LogP contribution in [0.4, 0.5) is 13.2 Å². The number of halogens is 3. The highest BCUT2D eigenvalue weighted by Gasteiger charge is 2.36. The van der Waals surface area contributed by atoms with Gasteiger partial charge in [-0.3, -0.25) is 9.69 Å². The quantitative estimate of drug-likeness (QED) is 0.382. The monoisotopic (exact) mass is 468 g/mol. The van der Waals surface area contributed by atoms with Crippen LogP contribution in [0.1, 0.15) is 33.4 Å². The molecule has 0 aliphatic carbocycles. The fourth-order valence-electron chi connectivity index (χ4n) is 3.67. The molecule has 0 bridgehead atoms. The van der Waals surface area contributed by atoms with Crippen molar-refractivity contribution in [2.75, 3.05) is 40.5 Å². The van der Waals surface area contributed by atoms with Gasteiger partial charge in [-0.25, -0.2) is 0 Å². The van der Waals surface area contributed by atoms with E-state index in [0.29, 0.717) is 6.61 Å². The Labute approximate surface area is 189 Å². The molecule has 2 heterocycles. The Morgan fingerprint density at radius 3 is 2.53 bits per heavy atom. The second-order valence-electron chi connectivity index (χ2n) is 7.47. The summed E-state index contributed by atoms with van der Waals surface area (Å²) < 4.78 is 52.9. The normalized spacial score (nSPS) is 12.1. The summed E-state index contributed by atoms with van der Waals surface area (Å²) in [5.41, 5.74) is -0.314. The zero-order valence-corrected chi connectivity index (χ0v) is 19.4. The Hall–Kier alpha value is -2.36. The Balaban J connectivity index is 1.91. The van der Waals surface area contributed by atoms with Crippen molar-refractivity contribution in [2.45, 2.75) is 26.6 Å². The number of nitrogens with zero attached hydrogens (tertiary/aromatic N) is 2. The SMILES string of the molecule is CCN(CCOC)CCn1c(C)cc2cc(C(=O)c3ccc(OC)cc3C(F)(F)F)sc21. The van der Waals surface area contributed by atoms with Crippen LogP contribution in [0.3, 0.4) is 0 Å². The summed E-state index contributed by atoms with van der Waals surface area (Å²) in [6.07, 6.45) is -4.66. The van der Waals surface area contributed by atoms with E-state index in [-0.39, 0.29) is 16.2 Å². The molecule has 174 valence electrons. The lowest BCUT2D eigenvalue weighted by Gasteiger charge is -2.20. The maximum absolute atomic E-state index is 13.6. The van der Waals surface area contributed by atoms with E-state index in [1.165, 1.54) is 30.6 Å². The topological polar surface area (TPSA) is 43.7 Å². The van der Waals surface area contributed by atoms with Crippen LogP contribution in [0.15, 0.2) is 30.3 Å².